The molecule has 1 aliphatic rings. The molecule has 7 heteroatoms. The lowest BCUT2D eigenvalue weighted by molar-refractivity contribution is 0.0946. The normalized spacial score (nSPS) is 14.1. The minimum absolute atomic E-state index is 0.192. The summed E-state index contributed by atoms with van der Waals surface area (Å²) in [5, 5.41) is 9.96. The predicted molar refractivity (Wildman–Crippen MR) is 107 cm³/mol. The van der Waals surface area contributed by atoms with Gasteiger partial charge in [0.1, 0.15) is 11.5 Å². The highest BCUT2D eigenvalue weighted by Crippen LogP contribution is 2.18. The van der Waals surface area contributed by atoms with E-state index in [0.29, 0.717) is 12.2 Å². The number of ether oxygens (including phenoxy) is 1. The molecular formula is C21H23N5O2. The Morgan fingerprint density at radius 1 is 1.18 bits per heavy atom. The van der Waals surface area contributed by atoms with Crippen molar-refractivity contribution in [1.82, 2.24) is 20.5 Å². The predicted octanol–water partition coefficient (Wildman–Crippen LogP) is 2.55. The number of aryl methyl sites for hydroxylation is 1. The monoisotopic (exact) mass is 377 g/mol. The van der Waals surface area contributed by atoms with Gasteiger partial charge in [0.25, 0.3) is 5.91 Å². The van der Waals surface area contributed by atoms with Crippen LogP contribution in [0.3, 0.4) is 0 Å². The molecule has 2 aromatic heterocycles. The van der Waals surface area contributed by atoms with Crippen LogP contribution in [-0.4, -0.2) is 47.4 Å². The highest BCUT2D eigenvalue weighted by Gasteiger charge is 2.13. The molecule has 3 heterocycles. The van der Waals surface area contributed by atoms with E-state index in [1.54, 1.807) is 12.3 Å². The number of carbonyl (C=O) groups is 1. The van der Waals surface area contributed by atoms with Gasteiger partial charge in [-0.25, -0.2) is 4.98 Å². The van der Waals surface area contributed by atoms with Gasteiger partial charge in [-0.15, -0.1) is 0 Å². The summed E-state index contributed by atoms with van der Waals surface area (Å²) >= 11 is 0. The second kappa shape index (κ2) is 8.22. The summed E-state index contributed by atoms with van der Waals surface area (Å²) in [6.07, 6.45) is 1.80. The fourth-order valence-corrected chi connectivity index (χ4v) is 3.09. The lowest BCUT2D eigenvalue weighted by atomic mass is 10.1. The van der Waals surface area contributed by atoms with Crippen molar-refractivity contribution >= 4 is 11.7 Å². The molecule has 28 heavy (non-hydrogen) atoms. The van der Waals surface area contributed by atoms with Crippen LogP contribution in [0.5, 0.6) is 0 Å². The summed E-state index contributed by atoms with van der Waals surface area (Å²) in [6.45, 7) is 5.62. The van der Waals surface area contributed by atoms with Crippen molar-refractivity contribution in [3.8, 4) is 11.3 Å². The van der Waals surface area contributed by atoms with Gasteiger partial charge in [0.15, 0.2) is 0 Å². The third kappa shape index (κ3) is 4.20. The molecule has 0 saturated carbocycles. The summed E-state index contributed by atoms with van der Waals surface area (Å²) in [5.74, 6) is 0.748. The van der Waals surface area contributed by atoms with Gasteiger partial charge < -0.3 is 15.0 Å². The number of rotatable bonds is 5. The fourth-order valence-electron chi connectivity index (χ4n) is 3.09. The van der Waals surface area contributed by atoms with Crippen molar-refractivity contribution in [1.29, 1.82) is 0 Å². The number of nitrogens with zero attached hydrogens (tertiary/aromatic N) is 3. The van der Waals surface area contributed by atoms with Crippen molar-refractivity contribution in [3.63, 3.8) is 0 Å². The lowest BCUT2D eigenvalue weighted by Gasteiger charge is -2.27. The van der Waals surface area contributed by atoms with Gasteiger partial charge in [-0.2, -0.15) is 5.10 Å². The van der Waals surface area contributed by atoms with E-state index in [2.05, 4.69) is 25.4 Å². The lowest BCUT2D eigenvalue weighted by Crippen LogP contribution is -2.36. The Labute approximate surface area is 163 Å². The molecule has 1 saturated heterocycles. The molecule has 7 nitrogen and oxygen atoms in total. The molecular weight excluding hydrogens is 354 g/mol. The van der Waals surface area contributed by atoms with Crippen LogP contribution < -0.4 is 10.2 Å². The van der Waals surface area contributed by atoms with Crippen LogP contribution in [0, 0.1) is 6.92 Å². The van der Waals surface area contributed by atoms with Gasteiger partial charge >= 0.3 is 0 Å². The molecule has 0 spiro atoms. The first-order valence-corrected chi connectivity index (χ1v) is 9.37. The van der Waals surface area contributed by atoms with Crippen LogP contribution in [-0.2, 0) is 11.3 Å². The number of aromatic nitrogens is 3. The number of aromatic amines is 1. The minimum Gasteiger partial charge on any atom is -0.378 e. The van der Waals surface area contributed by atoms with E-state index in [1.165, 1.54) is 5.56 Å². The fraction of sp³-hybridized carbons (Fsp3) is 0.286. The molecule has 0 bridgehead atoms. The Morgan fingerprint density at radius 2 is 1.96 bits per heavy atom. The molecule has 1 aromatic carbocycles. The summed E-state index contributed by atoms with van der Waals surface area (Å²) in [6, 6.07) is 13.8. The smallest absolute Gasteiger partial charge is 0.269 e. The average Bonchev–Trinajstić information content (AvgIpc) is 3.24. The maximum atomic E-state index is 12.4. The largest absolute Gasteiger partial charge is 0.378 e. The zero-order chi connectivity index (χ0) is 19.3. The molecule has 3 aromatic rings. The van der Waals surface area contributed by atoms with Gasteiger partial charge in [-0.1, -0.05) is 35.9 Å². The molecule has 0 aliphatic carbocycles. The van der Waals surface area contributed by atoms with Crippen molar-refractivity contribution in [3.05, 3.63) is 65.5 Å². The van der Waals surface area contributed by atoms with Crippen LogP contribution in [0.1, 0.15) is 21.6 Å². The zero-order valence-corrected chi connectivity index (χ0v) is 15.8. The number of H-pyrrole nitrogens is 1. The van der Waals surface area contributed by atoms with Gasteiger partial charge in [0.2, 0.25) is 0 Å². The van der Waals surface area contributed by atoms with Crippen LogP contribution in [0.2, 0.25) is 0 Å². The van der Waals surface area contributed by atoms with Gasteiger partial charge in [0, 0.05) is 31.4 Å². The number of hydrogen-bond acceptors (Lipinski definition) is 5. The number of morpholine rings is 1. The third-order valence-electron chi connectivity index (χ3n) is 4.77. The topological polar surface area (TPSA) is 83.1 Å². The highest BCUT2D eigenvalue weighted by atomic mass is 16.5. The average molecular weight is 377 g/mol. The van der Waals surface area contributed by atoms with Crippen LogP contribution >= 0.6 is 0 Å². The van der Waals surface area contributed by atoms with E-state index in [-0.39, 0.29) is 5.91 Å². The molecule has 2 N–H and O–H groups in total. The van der Waals surface area contributed by atoms with Gasteiger partial charge in [-0.05, 0) is 24.6 Å². The van der Waals surface area contributed by atoms with Crippen LogP contribution in [0.25, 0.3) is 11.3 Å². The molecule has 1 fully saturated rings. The van der Waals surface area contributed by atoms with E-state index < -0.39 is 0 Å². The molecule has 144 valence electrons. The van der Waals surface area contributed by atoms with Crippen molar-refractivity contribution in [2.75, 3.05) is 31.2 Å². The number of nitrogens with one attached hydrogen (secondary N) is 2. The maximum Gasteiger partial charge on any atom is 0.269 e. The maximum absolute atomic E-state index is 12.4. The summed E-state index contributed by atoms with van der Waals surface area (Å²) in [7, 11) is 0. The van der Waals surface area contributed by atoms with E-state index in [4.69, 9.17) is 4.74 Å². The number of carbonyl (C=O) groups excluding carboxylic acids is 1. The first-order valence-electron chi connectivity index (χ1n) is 9.37. The molecule has 0 unspecified atom stereocenters. The minimum atomic E-state index is -0.192. The number of pyridine rings is 1. The molecule has 0 atom stereocenters. The van der Waals surface area contributed by atoms with E-state index in [1.807, 2.05) is 43.3 Å². The first-order chi connectivity index (χ1) is 13.7. The summed E-state index contributed by atoms with van der Waals surface area (Å²) in [5.41, 5.74) is 4.30. The van der Waals surface area contributed by atoms with Crippen molar-refractivity contribution in [2.45, 2.75) is 13.5 Å². The molecule has 4 rings (SSSR count). The molecule has 1 amide bonds. The Bertz CT molecular complexity index is 928. The van der Waals surface area contributed by atoms with Gasteiger partial charge in [0.05, 0.1) is 18.9 Å². The summed E-state index contributed by atoms with van der Waals surface area (Å²) in [4.78, 5) is 19.1. The second-order valence-electron chi connectivity index (χ2n) is 6.84. The van der Waals surface area contributed by atoms with E-state index in [9.17, 15) is 4.79 Å². The van der Waals surface area contributed by atoms with Crippen LogP contribution in [0.4, 0.5) is 5.82 Å². The first kappa shape index (κ1) is 18.2. The highest BCUT2D eigenvalue weighted by molar-refractivity contribution is 5.93. The summed E-state index contributed by atoms with van der Waals surface area (Å²) < 4.78 is 5.36. The Morgan fingerprint density at radius 3 is 2.68 bits per heavy atom. The van der Waals surface area contributed by atoms with Crippen molar-refractivity contribution < 1.29 is 9.53 Å². The van der Waals surface area contributed by atoms with E-state index >= 15 is 0 Å². The van der Waals surface area contributed by atoms with Gasteiger partial charge in [-0.3, -0.25) is 9.89 Å². The molecule has 1 aliphatic heterocycles. The quantitative estimate of drug-likeness (QED) is 0.714. The molecule has 0 radical (unpaired) electrons. The zero-order valence-electron chi connectivity index (χ0n) is 15.8. The SMILES string of the molecule is Cc1ccc(-c2cc(C(=O)NCc3ccc(N4CCOCC4)nc3)[nH]n2)cc1. The number of anilines is 1. The Balaban J connectivity index is 1.34. The van der Waals surface area contributed by atoms with Crippen LogP contribution in [0.15, 0.2) is 48.7 Å². The number of amides is 1. The third-order valence-corrected chi connectivity index (χ3v) is 4.77. The number of benzene rings is 1. The van der Waals surface area contributed by atoms with E-state index in [0.717, 1.165) is 48.9 Å². The standard InChI is InChI=1S/C21H23N5O2/c1-15-2-5-17(6-3-15)18-12-19(25-24-18)21(27)23-14-16-4-7-20(22-13-16)26-8-10-28-11-9-26/h2-7,12-13H,8-11,14H2,1H3,(H,23,27)(H,24,25). The number of hydrogen-bond donors (Lipinski definition) is 2. The Kier molecular flexibility index (Phi) is 5.34. The Hall–Kier alpha value is -3.19. The van der Waals surface area contributed by atoms with Crippen molar-refractivity contribution in [2.24, 2.45) is 0 Å². The second-order valence-corrected chi connectivity index (χ2v) is 6.84.